The molecule has 3 fully saturated rings. The van der Waals surface area contributed by atoms with Crippen LogP contribution in [0.25, 0.3) is 0 Å². The van der Waals surface area contributed by atoms with Gasteiger partial charge in [-0.1, -0.05) is 5.16 Å². The van der Waals surface area contributed by atoms with Crippen LogP contribution in [0.4, 0.5) is 6.01 Å². The lowest BCUT2D eigenvalue weighted by Crippen LogP contribution is -2.52. The van der Waals surface area contributed by atoms with Crippen molar-refractivity contribution in [1.29, 1.82) is 0 Å². The third kappa shape index (κ3) is 3.26. The number of hydrogen-bond acceptors (Lipinski definition) is 7. The van der Waals surface area contributed by atoms with Crippen LogP contribution in [0.3, 0.4) is 0 Å². The molecule has 1 aromatic rings. The van der Waals surface area contributed by atoms with E-state index in [-0.39, 0.29) is 11.9 Å². The van der Waals surface area contributed by atoms with E-state index in [4.69, 9.17) is 9.26 Å². The van der Waals surface area contributed by atoms with Crippen LogP contribution in [0.1, 0.15) is 51.3 Å². The number of aryl methyl sites for hydroxylation is 1. The average Bonchev–Trinajstić information content (AvgIpc) is 3.15. The van der Waals surface area contributed by atoms with E-state index in [2.05, 4.69) is 19.9 Å². The topological polar surface area (TPSA) is 71.7 Å². The van der Waals surface area contributed by atoms with Gasteiger partial charge in [0.25, 0.3) is 0 Å². The van der Waals surface area contributed by atoms with Gasteiger partial charge in [-0.3, -0.25) is 4.79 Å². The molecule has 7 nitrogen and oxygen atoms in total. The minimum absolute atomic E-state index is 0.0104. The number of esters is 1. The number of ether oxygens (including phenoxy) is 1. The fourth-order valence-electron chi connectivity index (χ4n) is 4.91. The summed E-state index contributed by atoms with van der Waals surface area (Å²) in [6.07, 6.45) is 6.59. The van der Waals surface area contributed by atoms with E-state index < -0.39 is 0 Å². The fraction of sp³-hybridized carbons (Fsp3) is 0.833. The molecule has 0 aliphatic carbocycles. The molecule has 0 spiro atoms. The second kappa shape index (κ2) is 6.94. The number of rotatable bonds is 4. The summed E-state index contributed by atoms with van der Waals surface area (Å²) >= 11 is 0. The lowest BCUT2D eigenvalue weighted by molar-refractivity contribution is -0.149. The number of fused-ring (bicyclic) bond motifs is 2. The van der Waals surface area contributed by atoms with Crippen molar-refractivity contribution in [3.05, 3.63) is 5.82 Å². The molecule has 25 heavy (non-hydrogen) atoms. The summed E-state index contributed by atoms with van der Waals surface area (Å²) in [5.41, 5.74) is 0. The van der Waals surface area contributed by atoms with Gasteiger partial charge in [0.05, 0.1) is 12.5 Å². The first kappa shape index (κ1) is 16.8. The van der Waals surface area contributed by atoms with Gasteiger partial charge >= 0.3 is 12.0 Å². The molecule has 2 unspecified atom stereocenters. The molecule has 2 bridgehead atoms. The molecule has 138 valence electrons. The van der Waals surface area contributed by atoms with Crippen LogP contribution in [0.15, 0.2) is 4.52 Å². The highest BCUT2D eigenvalue weighted by Crippen LogP contribution is 2.40. The number of anilines is 1. The van der Waals surface area contributed by atoms with Gasteiger partial charge in [-0.15, -0.1) is 0 Å². The summed E-state index contributed by atoms with van der Waals surface area (Å²) in [5, 5.41) is 3.96. The molecule has 4 heterocycles. The van der Waals surface area contributed by atoms with Gasteiger partial charge in [0.15, 0.2) is 5.82 Å². The number of carbonyl (C=O) groups is 1. The average molecular weight is 348 g/mol. The minimum Gasteiger partial charge on any atom is -0.466 e. The van der Waals surface area contributed by atoms with Crippen LogP contribution in [-0.2, 0) is 9.53 Å². The Kier molecular flexibility index (Phi) is 4.67. The van der Waals surface area contributed by atoms with Crippen molar-refractivity contribution < 1.29 is 14.1 Å². The first-order chi connectivity index (χ1) is 12.2. The Balaban J connectivity index is 1.35. The molecule has 0 amide bonds. The Hall–Kier alpha value is -1.63. The number of nitrogens with zero attached hydrogens (tertiary/aromatic N) is 4. The molecule has 7 heteroatoms. The summed E-state index contributed by atoms with van der Waals surface area (Å²) in [7, 11) is 0. The third-order valence-corrected chi connectivity index (χ3v) is 6.11. The molecule has 0 N–H and O–H groups in total. The Bertz CT molecular complexity index is 597. The molecule has 0 aromatic carbocycles. The SMILES string of the molecule is CCOC(=O)C1CCN(C2CC3CCC(C2)N3c2nc(C)no2)CC1. The number of likely N-dealkylation sites (tertiary alicyclic amines) is 1. The minimum atomic E-state index is -0.0104. The lowest BCUT2D eigenvalue weighted by atomic mass is 9.91. The number of carbonyl (C=O) groups excluding carboxylic acids is 1. The second-order valence-corrected chi connectivity index (χ2v) is 7.60. The van der Waals surface area contributed by atoms with Gasteiger partial charge < -0.3 is 19.1 Å². The Labute approximate surface area is 148 Å². The molecule has 0 saturated carbocycles. The Morgan fingerprint density at radius 1 is 1.16 bits per heavy atom. The summed E-state index contributed by atoms with van der Waals surface area (Å²) in [6, 6.07) is 2.32. The number of hydrogen-bond donors (Lipinski definition) is 0. The first-order valence-corrected chi connectivity index (χ1v) is 9.65. The number of aromatic nitrogens is 2. The van der Waals surface area contributed by atoms with Crippen molar-refractivity contribution >= 4 is 12.0 Å². The van der Waals surface area contributed by atoms with Gasteiger partial charge in [0.1, 0.15) is 0 Å². The van der Waals surface area contributed by atoms with E-state index in [0.717, 1.165) is 38.8 Å². The van der Waals surface area contributed by atoms with Gasteiger partial charge in [-0.05, 0) is 65.5 Å². The quantitative estimate of drug-likeness (QED) is 0.772. The van der Waals surface area contributed by atoms with Crippen LogP contribution in [-0.4, -0.2) is 58.8 Å². The Morgan fingerprint density at radius 3 is 2.40 bits per heavy atom. The van der Waals surface area contributed by atoms with E-state index >= 15 is 0 Å². The standard InChI is InChI=1S/C18H28N4O3/c1-3-24-17(23)13-6-8-21(9-7-13)16-10-14-4-5-15(11-16)22(14)18-19-12(2)20-25-18/h13-16H,3-11H2,1-2H3. The largest absolute Gasteiger partial charge is 0.466 e. The van der Waals surface area contributed by atoms with Crippen molar-refractivity contribution in [1.82, 2.24) is 15.0 Å². The van der Waals surface area contributed by atoms with Gasteiger partial charge in [-0.25, -0.2) is 0 Å². The van der Waals surface area contributed by atoms with E-state index in [1.165, 1.54) is 12.8 Å². The lowest BCUT2D eigenvalue weighted by Gasteiger charge is -2.44. The molecular formula is C18H28N4O3. The highest BCUT2D eigenvalue weighted by atomic mass is 16.5. The predicted molar refractivity (Wildman–Crippen MR) is 92.3 cm³/mol. The van der Waals surface area contributed by atoms with E-state index in [1.807, 2.05) is 13.8 Å². The highest BCUT2D eigenvalue weighted by Gasteiger charge is 2.45. The van der Waals surface area contributed by atoms with Crippen molar-refractivity contribution in [2.75, 3.05) is 24.6 Å². The number of piperidine rings is 2. The van der Waals surface area contributed by atoms with Crippen LogP contribution in [0, 0.1) is 12.8 Å². The first-order valence-electron chi connectivity index (χ1n) is 9.65. The van der Waals surface area contributed by atoms with Crippen LogP contribution < -0.4 is 4.90 Å². The van der Waals surface area contributed by atoms with Crippen LogP contribution in [0.5, 0.6) is 0 Å². The smallest absolute Gasteiger partial charge is 0.324 e. The Morgan fingerprint density at radius 2 is 1.84 bits per heavy atom. The third-order valence-electron chi connectivity index (χ3n) is 6.11. The van der Waals surface area contributed by atoms with Crippen LogP contribution >= 0.6 is 0 Å². The summed E-state index contributed by atoms with van der Waals surface area (Å²) in [6.45, 7) is 6.24. The summed E-state index contributed by atoms with van der Waals surface area (Å²) in [4.78, 5) is 21.3. The van der Waals surface area contributed by atoms with Crippen molar-refractivity contribution in [3.8, 4) is 0 Å². The molecule has 3 saturated heterocycles. The van der Waals surface area contributed by atoms with E-state index in [1.54, 1.807) is 0 Å². The predicted octanol–water partition coefficient (Wildman–Crippen LogP) is 2.15. The van der Waals surface area contributed by atoms with E-state index in [9.17, 15) is 4.79 Å². The normalized spacial score (nSPS) is 30.6. The molecule has 4 rings (SSSR count). The van der Waals surface area contributed by atoms with Crippen molar-refractivity contribution in [3.63, 3.8) is 0 Å². The fourth-order valence-corrected chi connectivity index (χ4v) is 4.91. The summed E-state index contributed by atoms with van der Waals surface area (Å²) < 4.78 is 10.6. The highest BCUT2D eigenvalue weighted by molar-refractivity contribution is 5.72. The molecule has 1 aromatic heterocycles. The summed E-state index contributed by atoms with van der Waals surface area (Å²) in [5.74, 6) is 0.788. The van der Waals surface area contributed by atoms with Crippen molar-refractivity contribution in [2.45, 2.75) is 70.5 Å². The van der Waals surface area contributed by atoms with Crippen molar-refractivity contribution in [2.24, 2.45) is 5.92 Å². The molecule has 3 aliphatic heterocycles. The monoisotopic (exact) mass is 348 g/mol. The maximum absolute atomic E-state index is 11.9. The zero-order valence-electron chi connectivity index (χ0n) is 15.2. The van der Waals surface area contributed by atoms with E-state index in [0.29, 0.717) is 36.6 Å². The molecular weight excluding hydrogens is 320 g/mol. The maximum atomic E-state index is 11.9. The van der Waals surface area contributed by atoms with Crippen LogP contribution in [0.2, 0.25) is 0 Å². The molecule has 0 radical (unpaired) electrons. The van der Waals surface area contributed by atoms with Gasteiger partial charge in [-0.2, -0.15) is 4.98 Å². The second-order valence-electron chi connectivity index (χ2n) is 7.60. The maximum Gasteiger partial charge on any atom is 0.324 e. The van der Waals surface area contributed by atoms with Gasteiger partial charge in [0.2, 0.25) is 0 Å². The molecule has 2 atom stereocenters. The zero-order chi connectivity index (χ0) is 17.4. The zero-order valence-corrected chi connectivity index (χ0v) is 15.2. The van der Waals surface area contributed by atoms with Gasteiger partial charge in [0, 0.05) is 18.1 Å². The molecule has 3 aliphatic rings.